The molecule has 0 saturated heterocycles. The van der Waals surface area contributed by atoms with Crippen molar-refractivity contribution < 1.29 is 13.2 Å². The van der Waals surface area contributed by atoms with Gasteiger partial charge in [-0.1, -0.05) is 11.8 Å². The van der Waals surface area contributed by atoms with Crippen LogP contribution in [0.1, 0.15) is 11.6 Å². The molecular weight excluding hydrogens is 269 g/mol. The van der Waals surface area contributed by atoms with E-state index in [-0.39, 0.29) is 5.16 Å². The van der Waals surface area contributed by atoms with Gasteiger partial charge in [-0.25, -0.2) is 9.66 Å². The van der Waals surface area contributed by atoms with Crippen molar-refractivity contribution in [1.29, 1.82) is 0 Å². The van der Waals surface area contributed by atoms with Gasteiger partial charge in [0.1, 0.15) is 5.82 Å². The van der Waals surface area contributed by atoms with E-state index in [0.717, 1.165) is 11.8 Å². The summed E-state index contributed by atoms with van der Waals surface area (Å²) in [6.45, 7) is 0. The predicted molar refractivity (Wildman–Crippen MR) is 57.9 cm³/mol. The van der Waals surface area contributed by atoms with Gasteiger partial charge in [0, 0.05) is 19.4 Å². The first-order valence-corrected chi connectivity index (χ1v) is 5.75. The number of imidazole rings is 1. The topological polar surface area (TPSA) is 74.5 Å². The van der Waals surface area contributed by atoms with Crippen LogP contribution in [0, 0.1) is 0 Å². The Kier molecular flexibility index (Phi) is 3.20. The van der Waals surface area contributed by atoms with Crippen molar-refractivity contribution in [3.05, 3.63) is 24.0 Å². The average Bonchev–Trinajstić information content (AvgIpc) is 2.81. The number of nitrogen functional groups attached to an aromatic ring is 1. The molecule has 2 aromatic rings. The summed E-state index contributed by atoms with van der Waals surface area (Å²) >= 11 is 1.04. The van der Waals surface area contributed by atoms with Crippen molar-refractivity contribution in [3.8, 4) is 0 Å². The Morgan fingerprint density at radius 1 is 1.39 bits per heavy atom. The molecule has 0 spiro atoms. The minimum Gasteiger partial charge on any atom is -0.337 e. The van der Waals surface area contributed by atoms with E-state index in [9.17, 15) is 13.2 Å². The zero-order valence-electron chi connectivity index (χ0n) is 9.22. The van der Waals surface area contributed by atoms with Gasteiger partial charge in [-0.15, -0.1) is 10.2 Å². The fourth-order valence-corrected chi connectivity index (χ4v) is 2.09. The highest BCUT2D eigenvalue weighted by Gasteiger charge is 2.38. The molecular formula is C8H9F3N6S. The average molecular weight is 278 g/mol. The van der Waals surface area contributed by atoms with Gasteiger partial charge in [0.05, 0.1) is 5.75 Å². The first kappa shape index (κ1) is 12.7. The van der Waals surface area contributed by atoms with Gasteiger partial charge in [-0.2, -0.15) is 13.2 Å². The molecule has 0 unspecified atom stereocenters. The highest BCUT2D eigenvalue weighted by molar-refractivity contribution is 7.98. The van der Waals surface area contributed by atoms with Crippen LogP contribution in [-0.2, 0) is 19.0 Å². The molecule has 0 atom stereocenters. The molecule has 2 aromatic heterocycles. The van der Waals surface area contributed by atoms with Crippen molar-refractivity contribution in [2.75, 3.05) is 5.84 Å². The summed E-state index contributed by atoms with van der Waals surface area (Å²) in [5.41, 5.74) is 0. The van der Waals surface area contributed by atoms with Gasteiger partial charge >= 0.3 is 6.18 Å². The number of aromatic nitrogens is 5. The van der Waals surface area contributed by atoms with Crippen LogP contribution >= 0.6 is 11.8 Å². The third kappa shape index (κ3) is 2.42. The van der Waals surface area contributed by atoms with E-state index < -0.39 is 12.0 Å². The number of nitrogens with two attached hydrogens (primary N) is 1. The van der Waals surface area contributed by atoms with E-state index in [0.29, 0.717) is 16.3 Å². The van der Waals surface area contributed by atoms with E-state index in [1.165, 1.54) is 0 Å². The molecule has 10 heteroatoms. The summed E-state index contributed by atoms with van der Waals surface area (Å²) in [6.07, 6.45) is -1.27. The van der Waals surface area contributed by atoms with E-state index in [4.69, 9.17) is 5.84 Å². The number of rotatable bonds is 3. The molecule has 0 aromatic carbocycles. The second-order valence-corrected chi connectivity index (χ2v) is 4.36. The molecule has 0 radical (unpaired) electrons. The van der Waals surface area contributed by atoms with Gasteiger partial charge < -0.3 is 10.4 Å². The lowest BCUT2D eigenvalue weighted by molar-refractivity contribution is -0.146. The lowest BCUT2D eigenvalue weighted by Gasteiger charge is -2.05. The number of hydrogen-bond acceptors (Lipinski definition) is 5. The molecule has 0 amide bonds. The second kappa shape index (κ2) is 4.52. The van der Waals surface area contributed by atoms with Crippen LogP contribution in [0.2, 0.25) is 0 Å². The number of nitrogens with zero attached hydrogens (tertiary/aromatic N) is 5. The SMILES string of the molecule is Cn1ccnc1CSc1nnc(C(F)(F)F)n1N. The Morgan fingerprint density at radius 2 is 2.11 bits per heavy atom. The standard InChI is InChI=1S/C8H9F3N6S/c1-16-3-2-13-5(16)4-18-7-15-14-6(17(7)12)8(9,10)11/h2-3H,4,12H2,1H3. The highest BCUT2D eigenvalue weighted by atomic mass is 32.2. The summed E-state index contributed by atoms with van der Waals surface area (Å²) in [5.74, 6) is 5.14. The molecule has 2 heterocycles. The maximum atomic E-state index is 12.4. The van der Waals surface area contributed by atoms with Gasteiger partial charge in [-0.3, -0.25) is 0 Å². The van der Waals surface area contributed by atoms with Crippen molar-refractivity contribution >= 4 is 11.8 Å². The molecule has 0 aliphatic heterocycles. The van der Waals surface area contributed by atoms with Gasteiger partial charge in [0.2, 0.25) is 5.16 Å². The second-order valence-electron chi connectivity index (χ2n) is 3.42. The van der Waals surface area contributed by atoms with Crippen LogP contribution < -0.4 is 5.84 Å². The monoisotopic (exact) mass is 278 g/mol. The van der Waals surface area contributed by atoms with Crippen LogP contribution in [0.3, 0.4) is 0 Å². The van der Waals surface area contributed by atoms with Crippen molar-refractivity contribution in [2.24, 2.45) is 7.05 Å². The number of thioether (sulfide) groups is 1. The molecule has 6 nitrogen and oxygen atoms in total. The minimum atomic E-state index is -4.61. The first-order valence-electron chi connectivity index (χ1n) is 4.76. The molecule has 0 fully saturated rings. The van der Waals surface area contributed by atoms with E-state index in [1.807, 2.05) is 0 Å². The Labute approximate surface area is 104 Å². The first-order chi connectivity index (χ1) is 8.39. The number of alkyl halides is 3. The molecule has 0 bridgehead atoms. The highest BCUT2D eigenvalue weighted by Crippen LogP contribution is 2.29. The van der Waals surface area contributed by atoms with Crippen LogP contribution in [0.5, 0.6) is 0 Å². The normalized spacial score (nSPS) is 12.0. The fraction of sp³-hybridized carbons (Fsp3) is 0.375. The largest absolute Gasteiger partial charge is 0.453 e. The van der Waals surface area contributed by atoms with E-state index >= 15 is 0 Å². The Balaban J connectivity index is 2.12. The molecule has 0 saturated carbocycles. The zero-order chi connectivity index (χ0) is 13.3. The summed E-state index contributed by atoms with van der Waals surface area (Å²) in [5, 5.41) is 6.42. The number of aryl methyl sites for hydroxylation is 1. The third-order valence-corrected chi connectivity index (χ3v) is 3.11. The summed E-state index contributed by atoms with van der Waals surface area (Å²) < 4.78 is 39.4. The smallest absolute Gasteiger partial charge is 0.337 e. The maximum absolute atomic E-state index is 12.4. The van der Waals surface area contributed by atoms with E-state index in [2.05, 4.69) is 15.2 Å². The van der Waals surface area contributed by atoms with Gasteiger partial charge in [0.25, 0.3) is 5.82 Å². The summed E-state index contributed by atoms with van der Waals surface area (Å²) in [7, 11) is 1.79. The summed E-state index contributed by atoms with van der Waals surface area (Å²) in [4.78, 5) is 4.04. The van der Waals surface area contributed by atoms with Crippen LogP contribution in [0.15, 0.2) is 17.6 Å². The predicted octanol–water partition coefficient (Wildman–Crippen LogP) is 1.04. The number of hydrogen-bond donors (Lipinski definition) is 1. The van der Waals surface area contributed by atoms with E-state index in [1.54, 1.807) is 24.0 Å². The number of halogens is 3. The Morgan fingerprint density at radius 3 is 2.61 bits per heavy atom. The molecule has 98 valence electrons. The minimum absolute atomic E-state index is 0.00896. The van der Waals surface area contributed by atoms with Gasteiger partial charge in [0.15, 0.2) is 0 Å². The van der Waals surface area contributed by atoms with Crippen LogP contribution in [0.4, 0.5) is 13.2 Å². The quantitative estimate of drug-likeness (QED) is 0.670. The third-order valence-electron chi connectivity index (χ3n) is 2.17. The van der Waals surface area contributed by atoms with Gasteiger partial charge in [-0.05, 0) is 0 Å². The molecule has 0 aliphatic carbocycles. The summed E-state index contributed by atoms with van der Waals surface area (Å²) in [6, 6.07) is 0. The van der Waals surface area contributed by atoms with Crippen molar-refractivity contribution in [2.45, 2.75) is 17.1 Å². The maximum Gasteiger partial charge on any atom is 0.453 e. The van der Waals surface area contributed by atoms with Crippen LogP contribution in [-0.4, -0.2) is 24.4 Å². The fourth-order valence-electron chi connectivity index (χ4n) is 1.23. The van der Waals surface area contributed by atoms with Crippen LogP contribution in [0.25, 0.3) is 0 Å². The molecule has 2 rings (SSSR count). The molecule has 0 aliphatic rings. The lowest BCUT2D eigenvalue weighted by atomic mass is 10.6. The molecule has 18 heavy (non-hydrogen) atoms. The Bertz CT molecular complexity index is 545. The lowest BCUT2D eigenvalue weighted by Crippen LogP contribution is -2.21. The van der Waals surface area contributed by atoms with Crippen molar-refractivity contribution in [3.63, 3.8) is 0 Å². The molecule has 2 N–H and O–H groups in total. The zero-order valence-corrected chi connectivity index (χ0v) is 10.0. The Hall–Kier alpha value is -1.71. The van der Waals surface area contributed by atoms with Crippen molar-refractivity contribution in [1.82, 2.24) is 24.4 Å².